The molecule has 0 aromatic heterocycles. The SMILES string of the molecule is Bc1ccccc1C(=O)OCCOI. The zero-order valence-corrected chi connectivity index (χ0v) is 9.98. The number of halogens is 1. The summed E-state index contributed by atoms with van der Waals surface area (Å²) >= 11 is 1.76. The van der Waals surface area contributed by atoms with Crippen LogP contribution in [0.25, 0.3) is 0 Å². The molecule has 1 aromatic carbocycles. The number of ether oxygens (including phenoxy) is 1. The van der Waals surface area contributed by atoms with Gasteiger partial charge < -0.3 is 7.80 Å². The summed E-state index contributed by atoms with van der Waals surface area (Å²) in [6, 6.07) is 7.34. The molecular weight excluding hydrogens is 294 g/mol. The summed E-state index contributed by atoms with van der Waals surface area (Å²) in [5.41, 5.74) is 1.54. The van der Waals surface area contributed by atoms with Crippen molar-refractivity contribution in [3.05, 3.63) is 29.8 Å². The summed E-state index contributed by atoms with van der Waals surface area (Å²) in [7, 11) is 1.88. The number of hydrogen-bond acceptors (Lipinski definition) is 3. The number of carbonyl (C=O) groups excluding carboxylic acids is 1. The highest BCUT2D eigenvalue weighted by atomic mass is 127. The van der Waals surface area contributed by atoms with Crippen LogP contribution in [0.15, 0.2) is 24.3 Å². The molecule has 0 bridgehead atoms. The molecule has 14 heavy (non-hydrogen) atoms. The Bertz CT molecular complexity index is 317. The van der Waals surface area contributed by atoms with Gasteiger partial charge in [-0.15, -0.1) is 0 Å². The minimum Gasteiger partial charge on any atom is -0.460 e. The molecule has 74 valence electrons. The molecule has 0 fully saturated rings. The van der Waals surface area contributed by atoms with Crippen molar-refractivity contribution in [1.82, 2.24) is 0 Å². The van der Waals surface area contributed by atoms with E-state index in [9.17, 15) is 4.79 Å². The van der Waals surface area contributed by atoms with Gasteiger partial charge in [0.2, 0.25) is 0 Å². The topological polar surface area (TPSA) is 35.5 Å². The van der Waals surface area contributed by atoms with Crippen molar-refractivity contribution in [2.75, 3.05) is 13.2 Å². The molecule has 0 heterocycles. The highest BCUT2D eigenvalue weighted by Gasteiger charge is 2.08. The summed E-state index contributed by atoms with van der Waals surface area (Å²) in [6.07, 6.45) is 0. The van der Waals surface area contributed by atoms with Crippen LogP contribution in [-0.2, 0) is 7.80 Å². The van der Waals surface area contributed by atoms with Crippen LogP contribution in [0.1, 0.15) is 10.4 Å². The van der Waals surface area contributed by atoms with E-state index in [1.54, 1.807) is 29.1 Å². The quantitative estimate of drug-likeness (QED) is 0.351. The first-order chi connectivity index (χ1) is 6.75. The van der Waals surface area contributed by atoms with Crippen LogP contribution in [-0.4, -0.2) is 27.0 Å². The highest BCUT2D eigenvalue weighted by Crippen LogP contribution is 1.98. The molecule has 1 rings (SSSR count). The lowest BCUT2D eigenvalue weighted by Crippen LogP contribution is -2.18. The van der Waals surface area contributed by atoms with Gasteiger partial charge >= 0.3 is 5.97 Å². The van der Waals surface area contributed by atoms with Gasteiger partial charge in [0, 0.05) is 0 Å². The molecule has 0 aliphatic rings. The number of benzene rings is 1. The predicted molar refractivity (Wildman–Crippen MR) is 64.9 cm³/mol. The second-order valence-corrected chi connectivity index (χ2v) is 3.39. The van der Waals surface area contributed by atoms with Gasteiger partial charge in [-0.1, -0.05) is 23.7 Å². The summed E-state index contributed by atoms with van der Waals surface area (Å²) in [4.78, 5) is 11.5. The van der Waals surface area contributed by atoms with E-state index < -0.39 is 0 Å². The van der Waals surface area contributed by atoms with Gasteiger partial charge in [-0.05, 0) is 6.07 Å². The van der Waals surface area contributed by atoms with Crippen molar-refractivity contribution in [2.45, 2.75) is 0 Å². The van der Waals surface area contributed by atoms with E-state index in [0.717, 1.165) is 5.46 Å². The third kappa shape index (κ3) is 3.30. The number of carbonyl (C=O) groups is 1. The van der Waals surface area contributed by atoms with Gasteiger partial charge in [0.05, 0.1) is 12.2 Å². The van der Waals surface area contributed by atoms with Gasteiger partial charge in [-0.3, -0.25) is 0 Å². The summed E-state index contributed by atoms with van der Waals surface area (Å²) in [6.45, 7) is 0.703. The molecule has 0 unspecified atom stereocenters. The number of rotatable bonds is 4. The third-order valence-electron chi connectivity index (χ3n) is 1.76. The van der Waals surface area contributed by atoms with E-state index in [1.165, 1.54) is 0 Å². The van der Waals surface area contributed by atoms with E-state index in [4.69, 9.17) is 7.80 Å². The largest absolute Gasteiger partial charge is 0.460 e. The van der Waals surface area contributed by atoms with Crippen LogP contribution in [0, 0.1) is 0 Å². The molecule has 0 amide bonds. The fourth-order valence-electron chi connectivity index (χ4n) is 1.05. The summed E-state index contributed by atoms with van der Waals surface area (Å²) in [5.74, 6) is -0.295. The maximum atomic E-state index is 11.5. The van der Waals surface area contributed by atoms with E-state index in [2.05, 4.69) is 0 Å². The van der Waals surface area contributed by atoms with Crippen molar-refractivity contribution in [3.8, 4) is 0 Å². The lowest BCUT2D eigenvalue weighted by atomic mass is 9.91. The van der Waals surface area contributed by atoms with Crippen molar-refractivity contribution >= 4 is 42.3 Å². The lowest BCUT2D eigenvalue weighted by Gasteiger charge is -2.05. The second kappa shape index (κ2) is 6.03. The number of esters is 1. The zero-order chi connectivity index (χ0) is 10.4. The van der Waals surface area contributed by atoms with Gasteiger partial charge in [0.15, 0.2) is 0 Å². The Balaban J connectivity index is 2.56. The van der Waals surface area contributed by atoms with E-state index >= 15 is 0 Å². The van der Waals surface area contributed by atoms with Crippen molar-refractivity contribution in [2.24, 2.45) is 0 Å². The first kappa shape index (κ1) is 11.5. The van der Waals surface area contributed by atoms with Crippen LogP contribution in [0.2, 0.25) is 0 Å². The fraction of sp³-hybridized carbons (Fsp3) is 0.222. The highest BCUT2D eigenvalue weighted by molar-refractivity contribution is 14.1. The first-order valence-corrected chi connectivity index (χ1v) is 5.10. The molecule has 0 aliphatic carbocycles. The normalized spacial score (nSPS) is 9.79. The van der Waals surface area contributed by atoms with Crippen molar-refractivity contribution in [1.29, 1.82) is 0 Å². The van der Waals surface area contributed by atoms with Crippen molar-refractivity contribution in [3.63, 3.8) is 0 Å². The molecule has 0 spiro atoms. The average molecular weight is 304 g/mol. The molecule has 0 aliphatic heterocycles. The molecular formula is C9H10BIO3. The molecule has 1 aromatic rings. The maximum Gasteiger partial charge on any atom is 0.337 e. The van der Waals surface area contributed by atoms with E-state index in [1.807, 2.05) is 26.0 Å². The predicted octanol–water partition coefficient (Wildman–Crippen LogP) is 0.468. The Morgan fingerprint density at radius 2 is 2.07 bits per heavy atom. The Hall–Kier alpha value is -0.555. The molecule has 5 heteroatoms. The Kier molecular flexibility index (Phi) is 4.96. The van der Waals surface area contributed by atoms with E-state index in [0.29, 0.717) is 12.2 Å². The molecule has 0 radical (unpaired) electrons. The van der Waals surface area contributed by atoms with Gasteiger partial charge in [0.25, 0.3) is 0 Å². The average Bonchev–Trinajstić information content (AvgIpc) is 2.18. The van der Waals surface area contributed by atoms with Crippen LogP contribution in [0.4, 0.5) is 0 Å². The Labute approximate surface area is 97.9 Å². The fourth-order valence-corrected chi connectivity index (χ4v) is 1.23. The standard InChI is InChI=1S/C9H10BIO3/c10-8-4-2-1-3-7(8)9(12)13-5-6-14-11/h1-4H,5-6,10H2. The zero-order valence-electron chi connectivity index (χ0n) is 7.83. The molecule has 0 atom stereocenters. The van der Waals surface area contributed by atoms with Crippen molar-refractivity contribution < 1.29 is 12.6 Å². The van der Waals surface area contributed by atoms with Gasteiger partial charge in [0.1, 0.15) is 37.5 Å². The molecule has 3 nitrogen and oxygen atoms in total. The second-order valence-electron chi connectivity index (χ2n) is 2.76. The van der Waals surface area contributed by atoms with Crippen LogP contribution < -0.4 is 5.46 Å². The Morgan fingerprint density at radius 3 is 2.71 bits per heavy atom. The minimum absolute atomic E-state index is 0.288. The van der Waals surface area contributed by atoms with Crippen LogP contribution in [0.5, 0.6) is 0 Å². The van der Waals surface area contributed by atoms with Crippen LogP contribution in [0.3, 0.4) is 0 Å². The molecule has 0 N–H and O–H groups in total. The third-order valence-corrected chi connectivity index (χ3v) is 2.20. The first-order valence-electron chi connectivity index (χ1n) is 4.22. The van der Waals surface area contributed by atoms with Gasteiger partial charge in [-0.2, -0.15) is 0 Å². The summed E-state index contributed by atoms with van der Waals surface area (Å²) < 4.78 is 9.73. The van der Waals surface area contributed by atoms with Crippen LogP contribution >= 0.6 is 23.0 Å². The lowest BCUT2D eigenvalue weighted by molar-refractivity contribution is 0.0473. The van der Waals surface area contributed by atoms with E-state index in [-0.39, 0.29) is 12.6 Å². The summed E-state index contributed by atoms with van der Waals surface area (Å²) in [5, 5.41) is 0. The maximum absolute atomic E-state index is 11.5. The number of hydrogen-bond donors (Lipinski definition) is 0. The molecule has 0 saturated heterocycles. The molecule has 0 saturated carbocycles. The smallest absolute Gasteiger partial charge is 0.337 e. The monoisotopic (exact) mass is 304 g/mol. The van der Waals surface area contributed by atoms with Gasteiger partial charge in [-0.25, -0.2) is 4.79 Å². The Morgan fingerprint density at radius 1 is 1.36 bits per heavy atom. The minimum atomic E-state index is -0.295.